The van der Waals surface area contributed by atoms with Crippen molar-refractivity contribution in [1.82, 2.24) is 0 Å². The van der Waals surface area contributed by atoms with Crippen molar-refractivity contribution < 1.29 is 28.5 Å². The maximum absolute atomic E-state index is 12.3. The van der Waals surface area contributed by atoms with Gasteiger partial charge in [0.1, 0.15) is 13.2 Å². The lowest BCUT2D eigenvalue weighted by molar-refractivity contribution is 0.0473. The van der Waals surface area contributed by atoms with E-state index in [1.807, 2.05) is 12.1 Å². The van der Waals surface area contributed by atoms with Crippen molar-refractivity contribution in [2.45, 2.75) is 19.8 Å². The van der Waals surface area contributed by atoms with E-state index < -0.39 is 5.97 Å². The predicted molar refractivity (Wildman–Crippen MR) is 99.0 cm³/mol. The summed E-state index contributed by atoms with van der Waals surface area (Å²) in [6.45, 7) is 2.58. The van der Waals surface area contributed by atoms with Crippen molar-refractivity contribution in [1.29, 1.82) is 0 Å². The third-order valence-corrected chi connectivity index (χ3v) is 4.21. The van der Waals surface area contributed by atoms with Gasteiger partial charge in [-0.05, 0) is 24.1 Å². The summed E-state index contributed by atoms with van der Waals surface area (Å²) >= 11 is 0. The maximum Gasteiger partial charge on any atom is 0.338 e. The van der Waals surface area contributed by atoms with Crippen LogP contribution in [-0.4, -0.2) is 38.7 Å². The Labute approximate surface area is 158 Å². The number of Topliss-reactive ketones (excluding diaryl/α,β-unsaturated/α-hetero) is 1. The van der Waals surface area contributed by atoms with Crippen LogP contribution in [0.1, 0.15) is 39.6 Å². The molecule has 0 amide bonds. The van der Waals surface area contributed by atoms with Crippen molar-refractivity contribution in [3.05, 3.63) is 53.1 Å². The molecule has 0 fully saturated rings. The standard InChI is InChI=1S/C21H22O6/c1-3-4-14-5-7-15(8-6-14)17(22)13-27-21(23)16-11-18(24-2)20-19(12-16)25-9-10-26-20/h5-8,11-12H,3-4,9-10,13H2,1-2H3. The monoisotopic (exact) mass is 370 g/mol. The van der Waals surface area contributed by atoms with Crippen LogP contribution in [0, 0.1) is 0 Å². The van der Waals surface area contributed by atoms with Crippen molar-refractivity contribution in [3.63, 3.8) is 0 Å². The van der Waals surface area contributed by atoms with E-state index in [-0.39, 0.29) is 18.0 Å². The fourth-order valence-electron chi connectivity index (χ4n) is 2.83. The van der Waals surface area contributed by atoms with Crippen LogP contribution < -0.4 is 14.2 Å². The van der Waals surface area contributed by atoms with Crippen LogP contribution in [0.15, 0.2) is 36.4 Å². The van der Waals surface area contributed by atoms with Gasteiger partial charge in [0.05, 0.1) is 12.7 Å². The average molecular weight is 370 g/mol. The Morgan fingerprint density at radius 2 is 1.78 bits per heavy atom. The number of benzene rings is 2. The van der Waals surface area contributed by atoms with Gasteiger partial charge < -0.3 is 18.9 Å². The van der Waals surface area contributed by atoms with Crippen LogP contribution in [-0.2, 0) is 11.2 Å². The molecule has 1 aliphatic heterocycles. The summed E-state index contributed by atoms with van der Waals surface area (Å²) in [4.78, 5) is 24.6. The summed E-state index contributed by atoms with van der Waals surface area (Å²) < 4.78 is 21.4. The van der Waals surface area contributed by atoms with Gasteiger partial charge in [0.15, 0.2) is 23.9 Å². The largest absolute Gasteiger partial charge is 0.493 e. The summed E-state index contributed by atoms with van der Waals surface area (Å²) in [6, 6.07) is 10.4. The second-order valence-electron chi connectivity index (χ2n) is 6.15. The first-order valence-corrected chi connectivity index (χ1v) is 8.89. The van der Waals surface area contributed by atoms with Gasteiger partial charge >= 0.3 is 5.97 Å². The molecule has 0 bridgehead atoms. The minimum Gasteiger partial charge on any atom is -0.493 e. The summed E-state index contributed by atoms with van der Waals surface area (Å²) in [5.74, 6) is 0.392. The summed E-state index contributed by atoms with van der Waals surface area (Å²) in [6.07, 6.45) is 2.01. The highest BCUT2D eigenvalue weighted by molar-refractivity contribution is 5.99. The van der Waals surface area contributed by atoms with Gasteiger partial charge in [-0.2, -0.15) is 0 Å². The molecule has 0 aromatic heterocycles. The topological polar surface area (TPSA) is 71.1 Å². The highest BCUT2D eigenvalue weighted by Gasteiger charge is 2.22. The van der Waals surface area contributed by atoms with E-state index in [1.165, 1.54) is 24.8 Å². The first kappa shape index (κ1) is 18.8. The van der Waals surface area contributed by atoms with Crippen molar-refractivity contribution >= 4 is 11.8 Å². The highest BCUT2D eigenvalue weighted by atomic mass is 16.6. The second kappa shape index (κ2) is 8.58. The average Bonchev–Trinajstić information content (AvgIpc) is 2.71. The molecule has 0 spiro atoms. The molecule has 0 aliphatic carbocycles. The number of carbonyl (C=O) groups excluding carboxylic acids is 2. The number of hydrogen-bond acceptors (Lipinski definition) is 6. The van der Waals surface area contributed by atoms with Crippen LogP contribution in [0.4, 0.5) is 0 Å². The van der Waals surface area contributed by atoms with Crippen molar-refractivity contribution in [2.24, 2.45) is 0 Å². The minimum atomic E-state index is -0.624. The van der Waals surface area contributed by atoms with E-state index in [2.05, 4.69) is 6.92 Å². The van der Waals surface area contributed by atoms with Gasteiger partial charge in [0.2, 0.25) is 5.75 Å². The molecule has 6 heteroatoms. The van der Waals surface area contributed by atoms with Gasteiger partial charge in [-0.25, -0.2) is 4.79 Å². The van der Waals surface area contributed by atoms with E-state index >= 15 is 0 Å². The molecule has 2 aromatic rings. The number of esters is 1. The van der Waals surface area contributed by atoms with E-state index in [4.69, 9.17) is 18.9 Å². The predicted octanol–water partition coefficient (Wildman–Crippen LogP) is 3.46. The number of hydrogen-bond donors (Lipinski definition) is 0. The second-order valence-corrected chi connectivity index (χ2v) is 6.15. The van der Waals surface area contributed by atoms with E-state index in [0.717, 1.165) is 12.8 Å². The van der Waals surface area contributed by atoms with Crippen LogP contribution in [0.2, 0.25) is 0 Å². The Balaban J connectivity index is 1.66. The Hall–Kier alpha value is -3.02. The number of aryl methyl sites for hydroxylation is 1. The highest BCUT2D eigenvalue weighted by Crippen LogP contribution is 2.40. The van der Waals surface area contributed by atoms with Gasteiger partial charge in [0.25, 0.3) is 0 Å². The molecule has 2 aromatic carbocycles. The lowest BCUT2D eigenvalue weighted by Gasteiger charge is -2.21. The van der Waals surface area contributed by atoms with Crippen LogP contribution in [0.5, 0.6) is 17.2 Å². The molecule has 0 unspecified atom stereocenters. The van der Waals surface area contributed by atoms with Crippen molar-refractivity contribution in [2.75, 3.05) is 26.9 Å². The van der Waals surface area contributed by atoms with Gasteiger partial charge in [0, 0.05) is 5.56 Å². The van der Waals surface area contributed by atoms with Crippen LogP contribution >= 0.6 is 0 Å². The number of rotatable bonds is 7. The molecule has 1 heterocycles. The minimum absolute atomic E-state index is 0.238. The molecule has 3 rings (SSSR count). The molecular weight excluding hydrogens is 348 g/mol. The van der Waals surface area contributed by atoms with Gasteiger partial charge in [-0.1, -0.05) is 37.6 Å². The molecule has 1 aliphatic rings. The quantitative estimate of drug-likeness (QED) is 0.549. The molecule has 142 valence electrons. The SMILES string of the molecule is CCCc1ccc(C(=O)COC(=O)c2cc(OC)c3c(c2)OCCO3)cc1. The first-order valence-electron chi connectivity index (χ1n) is 8.89. The lowest BCUT2D eigenvalue weighted by atomic mass is 10.1. The maximum atomic E-state index is 12.3. The number of methoxy groups -OCH3 is 1. The number of carbonyl (C=O) groups is 2. The third kappa shape index (κ3) is 4.39. The number of ether oxygens (including phenoxy) is 4. The Bertz CT molecular complexity index is 808. The van der Waals surface area contributed by atoms with Gasteiger partial charge in [-0.15, -0.1) is 0 Å². The molecule has 0 saturated carbocycles. The smallest absolute Gasteiger partial charge is 0.338 e. The summed E-state index contributed by atoms with van der Waals surface area (Å²) in [5.41, 5.74) is 1.93. The van der Waals surface area contributed by atoms with Crippen LogP contribution in [0.3, 0.4) is 0 Å². The molecule has 0 saturated heterocycles. The zero-order valence-corrected chi connectivity index (χ0v) is 15.4. The zero-order chi connectivity index (χ0) is 19.2. The Morgan fingerprint density at radius 1 is 1.04 bits per heavy atom. The molecule has 0 atom stereocenters. The fourth-order valence-corrected chi connectivity index (χ4v) is 2.83. The number of ketones is 1. The van der Waals surface area contributed by atoms with E-state index in [1.54, 1.807) is 12.1 Å². The van der Waals surface area contributed by atoms with Crippen LogP contribution in [0.25, 0.3) is 0 Å². The summed E-state index contributed by atoms with van der Waals surface area (Å²) in [7, 11) is 1.48. The molecule has 6 nitrogen and oxygen atoms in total. The fraction of sp³-hybridized carbons (Fsp3) is 0.333. The summed E-state index contributed by atoms with van der Waals surface area (Å²) in [5, 5.41) is 0. The molecule has 0 N–H and O–H groups in total. The normalized spacial score (nSPS) is 12.4. The number of fused-ring (bicyclic) bond motifs is 1. The first-order chi connectivity index (χ1) is 13.1. The lowest BCUT2D eigenvalue weighted by Crippen LogP contribution is -2.18. The molecule has 27 heavy (non-hydrogen) atoms. The molecule has 0 radical (unpaired) electrons. The van der Waals surface area contributed by atoms with Crippen molar-refractivity contribution in [3.8, 4) is 17.2 Å². The Morgan fingerprint density at radius 3 is 2.48 bits per heavy atom. The van der Waals surface area contributed by atoms with E-state index in [0.29, 0.717) is 36.0 Å². The van der Waals surface area contributed by atoms with Gasteiger partial charge in [-0.3, -0.25) is 4.79 Å². The van der Waals surface area contributed by atoms with E-state index in [9.17, 15) is 9.59 Å². The Kier molecular flexibility index (Phi) is 5.96. The zero-order valence-electron chi connectivity index (χ0n) is 15.4. The molecular formula is C21H22O6. The third-order valence-electron chi connectivity index (χ3n) is 4.21.